The molecule has 0 aliphatic rings. The smallest absolute Gasteiger partial charge is 0.278 e. The van der Waals surface area contributed by atoms with E-state index in [1.54, 1.807) is 57.4 Å². The van der Waals surface area contributed by atoms with Gasteiger partial charge in [-0.05, 0) is 55.8 Å². The SMILES string of the molecule is COc1ccc(OCc2c(C(=O)Nc3ccc(C)c(F)c3)noc2C)cc1. The minimum absolute atomic E-state index is 0.0991. The third-order valence-corrected chi connectivity index (χ3v) is 4.07. The molecule has 0 aliphatic heterocycles. The second kappa shape index (κ2) is 7.90. The van der Waals surface area contributed by atoms with Crippen LogP contribution in [0.15, 0.2) is 47.0 Å². The standard InChI is InChI=1S/C20H19FN2O4/c1-12-4-5-14(10-18(12)21)22-20(24)19-17(13(2)27-23-19)11-26-16-8-6-15(25-3)7-9-16/h4-10H,11H2,1-3H3,(H,22,24). The van der Waals surface area contributed by atoms with Crippen LogP contribution in [0.2, 0.25) is 0 Å². The Morgan fingerprint density at radius 3 is 2.52 bits per heavy atom. The van der Waals surface area contributed by atoms with Crippen molar-refractivity contribution in [2.24, 2.45) is 0 Å². The molecule has 0 saturated heterocycles. The van der Waals surface area contributed by atoms with Crippen LogP contribution in [0.25, 0.3) is 0 Å². The third-order valence-electron chi connectivity index (χ3n) is 4.07. The van der Waals surface area contributed by atoms with Gasteiger partial charge in [0.2, 0.25) is 0 Å². The fourth-order valence-corrected chi connectivity index (χ4v) is 2.43. The molecule has 0 atom stereocenters. The van der Waals surface area contributed by atoms with Gasteiger partial charge in [0.05, 0.1) is 12.7 Å². The summed E-state index contributed by atoms with van der Waals surface area (Å²) in [6.07, 6.45) is 0. The summed E-state index contributed by atoms with van der Waals surface area (Å²) in [5.74, 6) is 0.914. The molecule has 0 radical (unpaired) electrons. The number of aromatic nitrogens is 1. The highest BCUT2D eigenvalue weighted by atomic mass is 19.1. The molecule has 140 valence electrons. The van der Waals surface area contributed by atoms with Gasteiger partial charge in [-0.1, -0.05) is 11.2 Å². The van der Waals surface area contributed by atoms with Crippen LogP contribution in [0.4, 0.5) is 10.1 Å². The average molecular weight is 370 g/mol. The lowest BCUT2D eigenvalue weighted by Gasteiger charge is -2.08. The van der Waals surface area contributed by atoms with E-state index in [4.69, 9.17) is 14.0 Å². The summed E-state index contributed by atoms with van der Waals surface area (Å²) in [7, 11) is 1.58. The lowest BCUT2D eigenvalue weighted by atomic mass is 10.2. The molecule has 27 heavy (non-hydrogen) atoms. The molecule has 1 heterocycles. The Morgan fingerprint density at radius 2 is 1.85 bits per heavy atom. The van der Waals surface area contributed by atoms with E-state index in [0.29, 0.717) is 34.1 Å². The van der Waals surface area contributed by atoms with Crippen molar-refractivity contribution in [3.05, 3.63) is 70.9 Å². The van der Waals surface area contributed by atoms with E-state index in [2.05, 4.69) is 10.5 Å². The molecule has 0 spiro atoms. The molecular formula is C20H19FN2O4. The van der Waals surface area contributed by atoms with Gasteiger partial charge in [0.1, 0.15) is 29.7 Å². The van der Waals surface area contributed by atoms with Gasteiger partial charge in [0, 0.05) is 5.69 Å². The van der Waals surface area contributed by atoms with Crippen LogP contribution in [-0.4, -0.2) is 18.2 Å². The molecule has 0 saturated carbocycles. The van der Waals surface area contributed by atoms with Crippen molar-refractivity contribution < 1.29 is 23.2 Å². The molecule has 3 aromatic rings. The zero-order chi connectivity index (χ0) is 19.4. The highest BCUT2D eigenvalue weighted by molar-refractivity contribution is 6.03. The van der Waals surface area contributed by atoms with Gasteiger partial charge in [-0.25, -0.2) is 4.39 Å². The molecule has 0 aliphatic carbocycles. The number of ether oxygens (including phenoxy) is 2. The first-order valence-electron chi connectivity index (χ1n) is 8.27. The van der Waals surface area contributed by atoms with E-state index < -0.39 is 11.7 Å². The van der Waals surface area contributed by atoms with Crippen LogP contribution in [0.5, 0.6) is 11.5 Å². The number of hydrogen-bond acceptors (Lipinski definition) is 5. The van der Waals surface area contributed by atoms with Crippen LogP contribution in [0, 0.1) is 19.7 Å². The van der Waals surface area contributed by atoms with Gasteiger partial charge in [-0.15, -0.1) is 0 Å². The molecule has 1 N–H and O–H groups in total. The lowest BCUT2D eigenvalue weighted by molar-refractivity contribution is 0.101. The van der Waals surface area contributed by atoms with Crippen molar-refractivity contribution in [3.63, 3.8) is 0 Å². The maximum atomic E-state index is 13.7. The van der Waals surface area contributed by atoms with Gasteiger partial charge >= 0.3 is 0 Å². The van der Waals surface area contributed by atoms with Gasteiger partial charge in [0.25, 0.3) is 5.91 Å². The van der Waals surface area contributed by atoms with E-state index in [9.17, 15) is 9.18 Å². The van der Waals surface area contributed by atoms with Crippen LogP contribution in [-0.2, 0) is 6.61 Å². The molecule has 0 bridgehead atoms. The van der Waals surface area contributed by atoms with Crippen LogP contribution in [0.3, 0.4) is 0 Å². The fraction of sp³-hybridized carbons (Fsp3) is 0.200. The maximum absolute atomic E-state index is 13.7. The van der Waals surface area contributed by atoms with Gasteiger partial charge < -0.3 is 19.3 Å². The Labute approximate surface area is 155 Å². The number of hydrogen-bond donors (Lipinski definition) is 1. The van der Waals surface area contributed by atoms with Crippen molar-refractivity contribution in [1.82, 2.24) is 5.16 Å². The zero-order valence-corrected chi connectivity index (χ0v) is 15.2. The average Bonchev–Trinajstić information content (AvgIpc) is 3.04. The molecule has 7 heteroatoms. The monoisotopic (exact) mass is 370 g/mol. The topological polar surface area (TPSA) is 73.6 Å². The van der Waals surface area contributed by atoms with E-state index >= 15 is 0 Å². The van der Waals surface area contributed by atoms with Crippen LogP contribution < -0.4 is 14.8 Å². The number of amides is 1. The predicted molar refractivity (Wildman–Crippen MR) is 97.7 cm³/mol. The summed E-state index contributed by atoms with van der Waals surface area (Å²) >= 11 is 0. The number of methoxy groups -OCH3 is 1. The first-order chi connectivity index (χ1) is 13.0. The second-order valence-corrected chi connectivity index (χ2v) is 5.95. The lowest BCUT2D eigenvalue weighted by Crippen LogP contribution is -2.15. The minimum atomic E-state index is -0.497. The Bertz CT molecular complexity index is 951. The zero-order valence-electron chi connectivity index (χ0n) is 15.2. The number of anilines is 1. The van der Waals surface area contributed by atoms with E-state index in [1.807, 2.05) is 0 Å². The van der Waals surface area contributed by atoms with Gasteiger partial charge in [0.15, 0.2) is 5.69 Å². The molecule has 1 aromatic heterocycles. The Hall–Kier alpha value is -3.35. The summed E-state index contributed by atoms with van der Waals surface area (Å²) in [5, 5.41) is 6.43. The molecule has 0 unspecified atom stereocenters. The summed E-state index contributed by atoms with van der Waals surface area (Å²) < 4.78 is 29.6. The number of benzene rings is 2. The number of nitrogens with one attached hydrogen (secondary N) is 1. The molecule has 1 amide bonds. The fourth-order valence-electron chi connectivity index (χ4n) is 2.43. The number of halogens is 1. The molecule has 6 nitrogen and oxygen atoms in total. The van der Waals surface area contributed by atoms with Crippen molar-refractivity contribution in [2.75, 3.05) is 12.4 Å². The quantitative estimate of drug-likeness (QED) is 0.701. The van der Waals surface area contributed by atoms with Crippen molar-refractivity contribution >= 4 is 11.6 Å². The van der Waals surface area contributed by atoms with Crippen molar-refractivity contribution in [2.45, 2.75) is 20.5 Å². The molecule has 3 rings (SSSR count). The largest absolute Gasteiger partial charge is 0.497 e. The number of carbonyl (C=O) groups is 1. The normalized spacial score (nSPS) is 10.5. The van der Waals surface area contributed by atoms with Crippen molar-refractivity contribution in [3.8, 4) is 11.5 Å². The first kappa shape index (κ1) is 18.4. The van der Waals surface area contributed by atoms with Crippen molar-refractivity contribution in [1.29, 1.82) is 0 Å². The van der Waals surface area contributed by atoms with E-state index in [-0.39, 0.29) is 12.3 Å². The second-order valence-electron chi connectivity index (χ2n) is 5.95. The van der Waals surface area contributed by atoms with Gasteiger partial charge in [-0.2, -0.15) is 0 Å². The molecular weight excluding hydrogens is 351 g/mol. The summed E-state index contributed by atoms with van der Waals surface area (Å²) in [5.41, 5.74) is 1.46. The molecule has 2 aromatic carbocycles. The predicted octanol–water partition coefficient (Wildman–Crippen LogP) is 4.27. The number of nitrogens with zero attached hydrogens (tertiary/aromatic N) is 1. The Balaban J connectivity index is 1.72. The highest BCUT2D eigenvalue weighted by Gasteiger charge is 2.21. The van der Waals surface area contributed by atoms with Crippen LogP contribution >= 0.6 is 0 Å². The van der Waals surface area contributed by atoms with E-state index in [1.165, 1.54) is 6.07 Å². The minimum Gasteiger partial charge on any atom is -0.497 e. The Kier molecular flexibility index (Phi) is 5.40. The Morgan fingerprint density at radius 1 is 1.15 bits per heavy atom. The number of rotatable bonds is 6. The molecule has 0 fully saturated rings. The first-order valence-corrected chi connectivity index (χ1v) is 8.27. The number of aryl methyl sites for hydroxylation is 2. The number of carbonyl (C=O) groups excluding carboxylic acids is 1. The maximum Gasteiger partial charge on any atom is 0.278 e. The highest BCUT2D eigenvalue weighted by Crippen LogP contribution is 2.22. The third kappa shape index (κ3) is 4.25. The summed E-state index contributed by atoms with van der Waals surface area (Å²) in [6, 6.07) is 11.5. The summed E-state index contributed by atoms with van der Waals surface area (Å²) in [4.78, 5) is 12.5. The van der Waals surface area contributed by atoms with Gasteiger partial charge in [-0.3, -0.25) is 4.79 Å². The van der Waals surface area contributed by atoms with Crippen LogP contribution in [0.1, 0.15) is 27.4 Å². The summed E-state index contributed by atoms with van der Waals surface area (Å²) in [6.45, 7) is 3.45. The van der Waals surface area contributed by atoms with E-state index in [0.717, 1.165) is 0 Å².